The molecule has 1 saturated heterocycles. The van der Waals surface area contributed by atoms with E-state index in [1.165, 1.54) is 6.07 Å². The van der Waals surface area contributed by atoms with E-state index in [4.69, 9.17) is 9.47 Å². The van der Waals surface area contributed by atoms with Crippen LogP contribution in [0.3, 0.4) is 0 Å². The number of rotatable bonds is 7. The second kappa shape index (κ2) is 11.4. The van der Waals surface area contributed by atoms with Crippen molar-refractivity contribution in [2.24, 2.45) is 11.8 Å². The molecule has 42 heavy (non-hydrogen) atoms. The Bertz CT molecular complexity index is 1300. The van der Waals surface area contributed by atoms with Gasteiger partial charge in [-0.1, -0.05) is 24.3 Å². The number of benzene rings is 2. The van der Waals surface area contributed by atoms with Gasteiger partial charge in [0.2, 0.25) is 11.6 Å². The number of hydrogen-bond donors (Lipinski definition) is 1. The molecule has 0 aromatic heterocycles. The summed E-state index contributed by atoms with van der Waals surface area (Å²) in [6.07, 6.45) is -1.35. The average molecular weight is 592 g/mol. The number of amides is 1. The first-order valence-electron chi connectivity index (χ1n) is 14.7. The summed E-state index contributed by atoms with van der Waals surface area (Å²) in [7, 11) is 0. The number of fused-ring (bicyclic) bond motifs is 3. The number of piperidine rings is 1. The van der Waals surface area contributed by atoms with E-state index in [2.05, 4.69) is 0 Å². The summed E-state index contributed by atoms with van der Waals surface area (Å²) in [5.74, 6) is -0.662. The second-order valence-corrected chi connectivity index (χ2v) is 12.0. The molecule has 228 valence electrons. The SMILES string of the molecule is CCOc1ccc(CC23CCCN(C(=O)[C@H]4CC[C@H](C(=O)O)CC4)C2COc2cc(C(C)(F)C(F)(F)F)ccc23)cc1. The number of carbonyl (C=O) groups excluding carboxylic acids is 1. The van der Waals surface area contributed by atoms with Crippen LogP contribution in [0.5, 0.6) is 11.5 Å². The number of ether oxygens (including phenoxy) is 2. The molecule has 6 nitrogen and oxygen atoms in total. The minimum absolute atomic E-state index is 0.0308. The molecule has 1 saturated carbocycles. The zero-order valence-electron chi connectivity index (χ0n) is 23.9. The van der Waals surface area contributed by atoms with Crippen LogP contribution < -0.4 is 9.47 Å². The topological polar surface area (TPSA) is 76.1 Å². The Kier molecular flexibility index (Phi) is 8.20. The summed E-state index contributed by atoms with van der Waals surface area (Å²) in [5.41, 5.74) is -3.10. The molecule has 3 unspecified atom stereocenters. The van der Waals surface area contributed by atoms with Gasteiger partial charge >= 0.3 is 12.1 Å². The normalized spacial score (nSPS) is 27.2. The highest BCUT2D eigenvalue weighted by molar-refractivity contribution is 5.80. The van der Waals surface area contributed by atoms with E-state index < -0.39 is 34.7 Å². The molecule has 5 rings (SSSR count). The molecule has 1 aliphatic carbocycles. The third-order valence-electron chi connectivity index (χ3n) is 9.49. The molecule has 2 heterocycles. The van der Waals surface area contributed by atoms with Crippen molar-refractivity contribution in [1.29, 1.82) is 0 Å². The zero-order valence-corrected chi connectivity index (χ0v) is 23.9. The van der Waals surface area contributed by atoms with Crippen molar-refractivity contribution in [3.05, 3.63) is 59.2 Å². The van der Waals surface area contributed by atoms with Gasteiger partial charge in [-0.05, 0) is 82.6 Å². The minimum atomic E-state index is -5.09. The Morgan fingerprint density at radius 3 is 2.33 bits per heavy atom. The maximum Gasteiger partial charge on any atom is 0.426 e. The van der Waals surface area contributed by atoms with Crippen LogP contribution in [0.4, 0.5) is 17.6 Å². The lowest BCUT2D eigenvalue weighted by Gasteiger charge is -2.54. The summed E-state index contributed by atoms with van der Waals surface area (Å²) in [4.78, 5) is 27.2. The quantitative estimate of drug-likeness (QED) is 0.368. The van der Waals surface area contributed by atoms with E-state index in [0.29, 0.717) is 70.6 Å². The largest absolute Gasteiger partial charge is 0.494 e. The lowest BCUT2D eigenvalue weighted by atomic mass is 9.63. The molecular weight excluding hydrogens is 554 g/mol. The molecule has 1 N–H and O–H groups in total. The number of nitrogens with zero attached hydrogens (tertiary/aromatic N) is 1. The van der Waals surface area contributed by atoms with Gasteiger partial charge in [-0.25, -0.2) is 4.39 Å². The summed E-state index contributed by atoms with van der Waals surface area (Å²) in [6, 6.07) is 11.2. The number of likely N-dealkylation sites (tertiary alicyclic amines) is 1. The smallest absolute Gasteiger partial charge is 0.426 e. The van der Waals surface area contributed by atoms with Crippen LogP contribution in [-0.2, 0) is 27.1 Å². The standard InChI is InChI=1S/C32H37F4NO5/c1-3-41-24-12-5-20(6-13-24)18-31-15-4-16-37(28(38)21-7-9-22(10-8-21)29(39)40)27(31)19-42-26-17-23(11-14-25(26)31)30(2,33)32(34,35)36/h5-6,11-14,17,21-22,27H,3-4,7-10,15-16,18-19H2,1-2H3,(H,39,40)/t21-,22-,27?,30?,31?. The number of carboxylic acid groups (broad SMARTS) is 1. The van der Waals surface area contributed by atoms with Gasteiger partial charge in [0.25, 0.3) is 0 Å². The molecule has 0 spiro atoms. The maximum atomic E-state index is 14.9. The fourth-order valence-electron chi connectivity index (χ4n) is 7.05. The third kappa shape index (κ3) is 5.44. The van der Waals surface area contributed by atoms with Gasteiger partial charge in [0.05, 0.1) is 18.6 Å². The first-order valence-corrected chi connectivity index (χ1v) is 14.7. The van der Waals surface area contributed by atoms with Crippen LogP contribution in [0.15, 0.2) is 42.5 Å². The maximum absolute atomic E-state index is 14.9. The van der Waals surface area contributed by atoms with Crippen LogP contribution >= 0.6 is 0 Å². The Morgan fingerprint density at radius 2 is 1.71 bits per heavy atom. The van der Waals surface area contributed by atoms with Crippen LogP contribution in [-0.4, -0.2) is 53.9 Å². The highest BCUT2D eigenvalue weighted by Crippen LogP contribution is 2.51. The Labute approximate surface area is 243 Å². The number of halogens is 4. The molecule has 2 aliphatic heterocycles. The lowest BCUT2D eigenvalue weighted by molar-refractivity contribution is -0.228. The second-order valence-electron chi connectivity index (χ2n) is 12.0. The highest BCUT2D eigenvalue weighted by atomic mass is 19.4. The number of carboxylic acids is 1. The van der Waals surface area contributed by atoms with E-state index in [-0.39, 0.29) is 30.2 Å². The van der Waals surface area contributed by atoms with Gasteiger partial charge in [-0.3, -0.25) is 9.59 Å². The van der Waals surface area contributed by atoms with Crippen molar-refractivity contribution in [1.82, 2.24) is 4.90 Å². The van der Waals surface area contributed by atoms with Crippen molar-refractivity contribution in [3.8, 4) is 11.5 Å². The predicted molar refractivity (Wildman–Crippen MR) is 147 cm³/mol. The van der Waals surface area contributed by atoms with E-state index in [1.807, 2.05) is 36.1 Å². The van der Waals surface area contributed by atoms with Gasteiger partial charge in [0, 0.05) is 29.0 Å². The Morgan fingerprint density at radius 1 is 1.05 bits per heavy atom. The molecule has 2 aromatic carbocycles. The van der Waals surface area contributed by atoms with Gasteiger partial charge in [-0.2, -0.15) is 13.2 Å². The summed E-state index contributed by atoms with van der Waals surface area (Å²) in [5, 5.41) is 9.39. The van der Waals surface area contributed by atoms with Crippen molar-refractivity contribution in [2.45, 2.75) is 82.1 Å². The first-order chi connectivity index (χ1) is 19.9. The van der Waals surface area contributed by atoms with E-state index >= 15 is 0 Å². The average Bonchev–Trinajstić information content (AvgIpc) is 2.96. The number of aliphatic carboxylic acids is 1. The molecule has 0 bridgehead atoms. The summed E-state index contributed by atoms with van der Waals surface area (Å²) in [6.45, 7) is 3.51. The van der Waals surface area contributed by atoms with Crippen LogP contribution in [0.1, 0.15) is 69.1 Å². The third-order valence-corrected chi connectivity index (χ3v) is 9.49. The first kappa shape index (κ1) is 30.2. The molecule has 0 radical (unpaired) electrons. The minimum Gasteiger partial charge on any atom is -0.494 e. The van der Waals surface area contributed by atoms with Crippen LogP contribution in [0, 0.1) is 11.8 Å². The Hall–Kier alpha value is -3.30. The molecule has 2 aromatic rings. The van der Waals surface area contributed by atoms with Crippen molar-refractivity contribution >= 4 is 11.9 Å². The van der Waals surface area contributed by atoms with Crippen molar-refractivity contribution in [3.63, 3.8) is 0 Å². The Balaban J connectivity index is 1.51. The molecule has 10 heteroatoms. The van der Waals surface area contributed by atoms with Gasteiger partial charge in [0.1, 0.15) is 18.1 Å². The fraction of sp³-hybridized carbons (Fsp3) is 0.562. The van der Waals surface area contributed by atoms with Gasteiger partial charge < -0.3 is 19.5 Å². The lowest BCUT2D eigenvalue weighted by Crippen LogP contribution is -2.62. The summed E-state index contributed by atoms with van der Waals surface area (Å²) >= 11 is 0. The molecule has 3 aliphatic rings. The van der Waals surface area contributed by atoms with Gasteiger partial charge in [0.15, 0.2) is 0 Å². The predicted octanol–water partition coefficient (Wildman–Crippen LogP) is 6.59. The van der Waals surface area contributed by atoms with Crippen molar-refractivity contribution in [2.75, 3.05) is 19.8 Å². The van der Waals surface area contributed by atoms with Crippen LogP contribution in [0.25, 0.3) is 0 Å². The highest BCUT2D eigenvalue weighted by Gasteiger charge is 2.56. The number of carbonyl (C=O) groups is 2. The summed E-state index contributed by atoms with van der Waals surface area (Å²) < 4.78 is 67.2. The number of hydrogen-bond acceptors (Lipinski definition) is 4. The fourth-order valence-corrected chi connectivity index (χ4v) is 7.05. The number of alkyl halides is 4. The molecule has 3 atom stereocenters. The molecule has 2 fully saturated rings. The van der Waals surface area contributed by atoms with Gasteiger partial charge in [-0.15, -0.1) is 0 Å². The molecule has 1 amide bonds. The van der Waals surface area contributed by atoms with Crippen LogP contribution in [0.2, 0.25) is 0 Å². The monoisotopic (exact) mass is 591 g/mol. The molecular formula is C32H37F4NO5. The van der Waals surface area contributed by atoms with E-state index in [9.17, 15) is 32.3 Å². The van der Waals surface area contributed by atoms with Crippen molar-refractivity contribution < 1.29 is 41.7 Å². The van der Waals surface area contributed by atoms with E-state index in [1.54, 1.807) is 6.07 Å². The van der Waals surface area contributed by atoms with E-state index in [0.717, 1.165) is 17.4 Å². The zero-order chi connectivity index (χ0) is 30.3.